The van der Waals surface area contributed by atoms with Crippen molar-refractivity contribution in [3.8, 4) is 6.01 Å². The summed E-state index contributed by atoms with van der Waals surface area (Å²) < 4.78 is 40.7. The second-order valence-electron chi connectivity index (χ2n) is 2.20. The first kappa shape index (κ1) is 10.4. The number of hydrogen-bond donors (Lipinski definition) is 0. The lowest BCUT2D eigenvalue weighted by atomic mass is 10.4. The average molecular weight is 206 g/mol. The van der Waals surface area contributed by atoms with Crippen molar-refractivity contribution in [2.75, 3.05) is 6.61 Å². The molecule has 0 aromatic carbocycles. The molecule has 0 spiro atoms. The van der Waals surface area contributed by atoms with Gasteiger partial charge in [-0.25, -0.2) is 4.98 Å². The summed E-state index contributed by atoms with van der Waals surface area (Å²) in [6.07, 6.45) is -3.23. The zero-order valence-electron chi connectivity index (χ0n) is 6.78. The number of ether oxygens (including phenoxy) is 1. The molecule has 0 aliphatic heterocycles. The Morgan fingerprint density at radius 3 is 2.79 bits per heavy atom. The minimum atomic E-state index is -4.54. The number of rotatable bonds is 3. The average Bonchev–Trinajstić information content (AvgIpc) is 2.14. The van der Waals surface area contributed by atoms with Crippen LogP contribution in [0, 0.1) is 0 Å². The van der Waals surface area contributed by atoms with E-state index < -0.39 is 17.9 Å². The summed E-state index contributed by atoms with van der Waals surface area (Å²) in [5.74, 6) is 0. The Balaban J connectivity index is 2.84. The van der Waals surface area contributed by atoms with Gasteiger partial charge >= 0.3 is 12.2 Å². The van der Waals surface area contributed by atoms with Crippen LogP contribution in [-0.2, 0) is 11.0 Å². The first-order valence-corrected chi connectivity index (χ1v) is 3.50. The van der Waals surface area contributed by atoms with E-state index in [1.807, 2.05) is 0 Å². The minimum absolute atomic E-state index is 0.374. The van der Waals surface area contributed by atoms with Crippen molar-refractivity contribution in [3.63, 3.8) is 0 Å². The van der Waals surface area contributed by atoms with Crippen molar-refractivity contribution in [2.24, 2.45) is 0 Å². The zero-order chi connectivity index (χ0) is 10.6. The third-order valence-corrected chi connectivity index (χ3v) is 1.20. The van der Waals surface area contributed by atoms with Gasteiger partial charge in [0.2, 0.25) is 0 Å². The van der Waals surface area contributed by atoms with Crippen LogP contribution in [0.4, 0.5) is 13.2 Å². The number of carbonyl (C=O) groups excluding carboxylic acids is 1. The summed E-state index contributed by atoms with van der Waals surface area (Å²) in [4.78, 5) is 16.3. The SMILES string of the molecule is O=CCOc1nccc(C(F)(F)F)n1. The lowest BCUT2D eigenvalue weighted by Crippen LogP contribution is -2.10. The molecular weight excluding hydrogens is 201 g/mol. The minimum Gasteiger partial charge on any atom is -0.456 e. The van der Waals surface area contributed by atoms with Gasteiger partial charge in [0.15, 0.2) is 12.0 Å². The van der Waals surface area contributed by atoms with Gasteiger partial charge in [-0.15, -0.1) is 0 Å². The molecule has 4 nitrogen and oxygen atoms in total. The van der Waals surface area contributed by atoms with Crippen LogP contribution in [0.3, 0.4) is 0 Å². The Morgan fingerprint density at radius 2 is 2.21 bits per heavy atom. The second kappa shape index (κ2) is 4.03. The van der Waals surface area contributed by atoms with Gasteiger partial charge in [0.1, 0.15) is 6.61 Å². The smallest absolute Gasteiger partial charge is 0.433 e. The molecule has 0 unspecified atom stereocenters. The maximum absolute atomic E-state index is 12.1. The van der Waals surface area contributed by atoms with E-state index in [0.29, 0.717) is 12.4 Å². The van der Waals surface area contributed by atoms with Crippen molar-refractivity contribution < 1.29 is 22.7 Å². The van der Waals surface area contributed by atoms with Crippen molar-refractivity contribution in [1.82, 2.24) is 9.97 Å². The Bertz CT molecular complexity index is 327. The number of nitrogens with zero attached hydrogens (tertiary/aromatic N) is 2. The predicted molar refractivity (Wildman–Crippen MR) is 38.6 cm³/mol. The summed E-state index contributed by atoms with van der Waals surface area (Å²) >= 11 is 0. The van der Waals surface area contributed by atoms with Crippen molar-refractivity contribution in [1.29, 1.82) is 0 Å². The van der Waals surface area contributed by atoms with Gasteiger partial charge < -0.3 is 4.74 Å². The maximum atomic E-state index is 12.1. The number of aromatic nitrogens is 2. The number of alkyl halides is 3. The third-order valence-electron chi connectivity index (χ3n) is 1.20. The molecule has 0 aliphatic rings. The van der Waals surface area contributed by atoms with E-state index in [2.05, 4.69) is 14.7 Å². The molecule has 0 amide bonds. The molecule has 0 bridgehead atoms. The van der Waals surface area contributed by atoms with Crippen molar-refractivity contribution >= 4 is 6.29 Å². The third kappa shape index (κ3) is 2.68. The number of aldehydes is 1. The van der Waals surface area contributed by atoms with E-state index in [-0.39, 0.29) is 6.61 Å². The lowest BCUT2D eigenvalue weighted by Gasteiger charge is -2.05. The van der Waals surface area contributed by atoms with Crippen LogP contribution in [0.2, 0.25) is 0 Å². The van der Waals surface area contributed by atoms with Crippen LogP contribution in [0.5, 0.6) is 6.01 Å². The number of hydrogen-bond acceptors (Lipinski definition) is 4. The molecule has 1 aromatic heterocycles. The van der Waals surface area contributed by atoms with Gasteiger partial charge in [-0.2, -0.15) is 18.2 Å². The van der Waals surface area contributed by atoms with Gasteiger partial charge in [0, 0.05) is 6.20 Å². The fourth-order valence-electron chi connectivity index (χ4n) is 0.677. The highest BCUT2D eigenvalue weighted by Gasteiger charge is 2.32. The first-order chi connectivity index (χ1) is 6.54. The molecule has 1 aromatic rings. The normalized spacial score (nSPS) is 11.1. The van der Waals surface area contributed by atoms with Crippen LogP contribution in [0.15, 0.2) is 12.3 Å². The molecule has 1 rings (SSSR count). The molecule has 0 fully saturated rings. The molecule has 0 N–H and O–H groups in total. The van der Waals surface area contributed by atoms with Crippen LogP contribution in [-0.4, -0.2) is 22.9 Å². The molecule has 0 atom stereocenters. The Morgan fingerprint density at radius 1 is 1.50 bits per heavy atom. The van der Waals surface area contributed by atoms with Gasteiger partial charge in [-0.05, 0) is 6.07 Å². The Labute approximate surface area is 76.7 Å². The summed E-state index contributed by atoms with van der Waals surface area (Å²) in [5.41, 5.74) is -1.10. The second-order valence-corrected chi connectivity index (χ2v) is 2.20. The van der Waals surface area contributed by atoms with Gasteiger partial charge in [-0.1, -0.05) is 0 Å². The molecule has 7 heteroatoms. The fourth-order valence-corrected chi connectivity index (χ4v) is 0.677. The van der Waals surface area contributed by atoms with Gasteiger partial charge in [0.25, 0.3) is 0 Å². The molecular formula is C7H5F3N2O2. The van der Waals surface area contributed by atoms with Crippen LogP contribution >= 0.6 is 0 Å². The Kier molecular flexibility index (Phi) is 3.00. The Hall–Kier alpha value is -1.66. The highest BCUT2D eigenvalue weighted by Crippen LogP contribution is 2.27. The molecule has 76 valence electrons. The first-order valence-electron chi connectivity index (χ1n) is 3.50. The molecule has 0 saturated carbocycles. The van der Waals surface area contributed by atoms with E-state index >= 15 is 0 Å². The monoisotopic (exact) mass is 206 g/mol. The van der Waals surface area contributed by atoms with Crippen LogP contribution < -0.4 is 4.74 Å². The molecule has 0 radical (unpaired) electrons. The number of carbonyl (C=O) groups is 1. The van der Waals surface area contributed by atoms with Crippen LogP contribution in [0.25, 0.3) is 0 Å². The number of halogens is 3. The highest BCUT2D eigenvalue weighted by atomic mass is 19.4. The summed E-state index contributed by atoms with van der Waals surface area (Å²) in [6.45, 7) is -0.374. The fraction of sp³-hybridized carbons (Fsp3) is 0.286. The summed E-state index contributed by atoms with van der Waals surface area (Å²) in [6, 6.07) is 0.250. The predicted octanol–water partition coefficient (Wildman–Crippen LogP) is 1.07. The lowest BCUT2D eigenvalue weighted by molar-refractivity contribution is -0.141. The topological polar surface area (TPSA) is 52.1 Å². The maximum Gasteiger partial charge on any atom is 0.433 e. The van der Waals surface area contributed by atoms with E-state index in [1.54, 1.807) is 0 Å². The van der Waals surface area contributed by atoms with E-state index in [4.69, 9.17) is 0 Å². The molecule has 0 saturated heterocycles. The standard InChI is InChI=1S/C7H5F3N2O2/c8-7(9,10)5-1-2-11-6(12-5)14-4-3-13/h1-3H,4H2. The van der Waals surface area contributed by atoms with Crippen molar-refractivity contribution in [2.45, 2.75) is 6.18 Å². The highest BCUT2D eigenvalue weighted by molar-refractivity contribution is 5.50. The van der Waals surface area contributed by atoms with Gasteiger partial charge in [0.05, 0.1) is 0 Å². The zero-order valence-corrected chi connectivity index (χ0v) is 6.78. The largest absolute Gasteiger partial charge is 0.456 e. The quantitative estimate of drug-likeness (QED) is 0.694. The van der Waals surface area contributed by atoms with E-state index in [1.165, 1.54) is 0 Å². The molecule has 14 heavy (non-hydrogen) atoms. The molecule has 1 heterocycles. The summed E-state index contributed by atoms with van der Waals surface area (Å²) in [5, 5.41) is 0. The van der Waals surface area contributed by atoms with Gasteiger partial charge in [-0.3, -0.25) is 4.79 Å². The summed E-state index contributed by atoms with van der Waals surface area (Å²) in [7, 11) is 0. The van der Waals surface area contributed by atoms with E-state index in [9.17, 15) is 18.0 Å². The van der Waals surface area contributed by atoms with Crippen LogP contribution in [0.1, 0.15) is 5.69 Å². The van der Waals surface area contributed by atoms with E-state index in [0.717, 1.165) is 6.20 Å². The van der Waals surface area contributed by atoms with Crippen molar-refractivity contribution in [3.05, 3.63) is 18.0 Å². The molecule has 0 aliphatic carbocycles.